The second-order valence-corrected chi connectivity index (χ2v) is 4.75. The quantitative estimate of drug-likeness (QED) is 0.787. The van der Waals surface area contributed by atoms with Crippen molar-refractivity contribution in [2.75, 3.05) is 7.11 Å². The molecule has 2 aromatic rings. The van der Waals surface area contributed by atoms with E-state index < -0.39 is 11.1 Å². The van der Waals surface area contributed by atoms with E-state index in [1.54, 1.807) is 24.1 Å². The van der Waals surface area contributed by atoms with E-state index in [1.165, 1.54) is 0 Å². The topological polar surface area (TPSA) is 67.2 Å². The smallest absolute Gasteiger partial charge is 0.121 e. The molecule has 5 nitrogen and oxygen atoms in total. The minimum Gasteiger partial charge on any atom is -0.772 e. The van der Waals surface area contributed by atoms with Gasteiger partial charge in [0, 0.05) is 12.3 Å². The number of rotatable bonds is 4. The van der Waals surface area contributed by atoms with Gasteiger partial charge in [-0.1, -0.05) is 6.07 Å². The van der Waals surface area contributed by atoms with E-state index in [2.05, 4.69) is 5.10 Å². The normalized spacial score (nSPS) is 12.4. The zero-order valence-electron chi connectivity index (χ0n) is 10.1. The van der Waals surface area contributed by atoms with Crippen LogP contribution in [0.25, 0.3) is 5.69 Å². The molecule has 0 aliphatic carbocycles. The van der Waals surface area contributed by atoms with Crippen LogP contribution in [0.3, 0.4) is 0 Å². The van der Waals surface area contributed by atoms with Gasteiger partial charge >= 0.3 is 0 Å². The Balaban J connectivity index is 2.36. The molecule has 1 atom stereocenters. The van der Waals surface area contributed by atoms with Gasteiger partial charge < -0.3 is 9.29 Å². The van der Waals surface area contributed by atoms with E-state index in [0.717, 1.165) is 17.0 Å². The number of methoxy groups -OCH3 is 1. The van der Waals surface area contributed by atoms with E-state index in [0.29, 0.717) is 5.69 Å². The number of nitrogens with zero attached hydrogens (tertiary/aromatic N) is 2. The first-order valence-corrected chi connectivity index (χ1v) is 6.60. The zero-order valence-corrected chi connectivity index (χ0v) is 10.9. The highest BCUT2D eigenvalue weighted by Crippen LogP contribution is 2.20. The maximum atomic E-state index is 10.6. The summed E-state index contributed by atoms with van der Waals surface area (Å²) >= 11 is -2.12. The maximum absolute atomic E-state index is 10.6. The van der Waals surface area contributed by atoms with Crippen molar-refractivity contribution >= 4 is 11.1 Å². The molecule has 0 aliphatic heterocycles. The third kappa shape index (κ3) is 2.77. The van der Waals surface area contributed by atoms with Crippen LogP contribution in [-0.2, 0) is 16.8 Å². The van der Waals surface area contributed by atoms with Crippen LogP contribution >= 0.6 is 0 Å². The summed E-state index contributed by atoms with van der Waals surface area (Å²) in [5, 5.41) is 4.22. The Morgan fingerprint density at radius 3 is 2.89 bits per heavy atom. The Kier molecular flexibility index (Phi) is 3.78. The summed E-state index contributed by atoms with van der Waals surface area (Å²) in [5.41, 5.74) is 2.43. The van der Waals surface area contributed by atoms with Crippen LogP contribution in [0.15, 0.2) is 30.5 Å². The molecule has 1 aromatic heterocycles. The third-order valence-electron chi connectivity index (χ3n) is 2.57. The highest BCUT2D eigenvalue weighted by molar-refractivity contribution is 7.78. The van der Waals surface area contributed by atoms with Crippen LogP contribution in [-0.4, -0.2) is 25.7 Å². The first-order valence-electron chi connectivity index (χ1n) is 5.35. The number of benzene rings is 1. The fraction of sp³-hybridized carbons (Fsp3) is 0.250. The fourth-order valence-corrected chi connectivity index (χ4v) is 2.05. The lowest BCUT2D eigenvalue weighted by Crippen LogP contribution is -2.01. The van der Waals surface area contributed by atoms with Gasteiger partial charge in [0.05, 0.1) is 24.2 Å². The lowest BCUT2D eigenvalue weighted by Gasteiger charge is -2.08. The number of hydrogen-bond acceptors (Lipinski definition) is 4. The molecular formula is C12H13N2O3S-. The molecule has 1 heterocycles. The van der Waals surface area contributed by atoms with E-state index in [9.17, 15) is 8.76 Å². The molecule has 0 fully saturated rings. The van der Waals surface area contributed by atoms with Crippen molar-refractivity contribution in [2.24, 2.45) is 0 Å². The molecule has 1 aromatic carbocycles. The van der Waals surface area contributed by atoms with Crippen molar-refractivity contribution in [3.8, 4) is 11.4 Å². The van der Waals surface area contributed by atoms with Crippen LogP contribution < -0.4 is 4.74 Å². The van der Waals surface area contributed by atoms with Crippen molar-refractivity contribution in [1.29, 1.82) is 0 Å². The van der Waals surface area contributed by atoms with E-state index >= 15 is 0 Å². The lowest BCUT2D eigenvalue weighted by atomic mass is 10.2. The Labute approximate surface area is 108 Å². The molecule has 0 saturated carbocycles. The van der Waals surface area contributed by atoms with Crippen LogP contribution in [0.4, 0.5) is 0 Å². The molecule has 0 spiro atoms. The number of ether oxygens (including phenoxy) is 1. The van der Waals surface area contributed by atoms with Crippen LogP contribution in [0.2, 0.25) is 0 Å². The van der Waals surface area contributed by atoms with Crippen LogP contribution in [0, 0.1) is 6.92 Å². The molecule has 18 heavy (non-hydrogen) atoms. The van der Waals surface area contributed by atoms with Gasteiger partial charge in [0.1, 0.15) is 5.75 Å². The van der Waals surface area contributed by atoms with E-state index in [4.69, 9.17) is 4.74 Å². The SMILES string of the molecule is COc1ccc(C)c(-n2ccc(CS(=O)[O-])n2)c1. The fourth-order valence-electron chi connectivity index (χ4n) is 1.66. The minimum absolute atomic E-state index is 0.0734. The van der Waals surface area contributed by atoms with Gasteiger partial charge in [0.25, 0.3) is 0 Å². The summed E-state index contributed by atoms with van der Waals surface area (Å²) < 4.78 is 28.0. The molecule has 0 aliphatic rings. The predicted molar refractivity (Wildman–Crippen MR) is 67.5 cm³/mol. The van der Waals surface area contributed by atoms with Crippen LogP contribution in [0.1, 0.15) is 11.3 Å². The number of aryl methyl sites for hydroxylation is 1. The summed E-state index contributed by atoms with van der Waals surface area (Å²) in [6.07, 6.45) is 1.74. The molecule has 0 saturated heterocycles. The highest BCUT2D eigenvalue weighted by atomic mass is 32.2. The van der Waals surface area contributed by atoms with Gasteiger partial charge in [-0.2, -0.15) is 5.10 Å². The standard InChI is InChI=1S/C12H14N2O3S/c1-9-3-4-11(17-2)7-12(9)14-6-5-10(13-14)8-18(15)16/h3-7H,8H2,1-2H3,(H,15,16)/p-1. The summed E-state index contributed by atoms with van der Waals surface area (Å²) in [7, 11) is 1.60. The third-order valence-corrected chi connectivity index (χ3v) is 3.10. The first kappa shape index (κ1) is 12.8. The lowest BCUT2D eigenvalue weighted by molar-refractivity contribution is 0.414. The Bertz CT molecular complexity index is 580. The van der Waals surface area contributed by atoms with Gasteiger partial charge in [-0.25, -0.2) is 4.68 Å². The van der Waals surface area contributed by atoms with Gasteiger partial charge in [0.15, 0.2) is 0 Å². The molecule has 2 rings (SSSR count). The predicted octanol–water partition coefficient (Wildman–Crippen LogP) is 1.57. The van der Waals surface area contributed by atoms with Crippen LogP contribution in [0.5, 0.6) is 5.75 Å². The molecule has 0 radical (unpaired) electrons. The minimum atomic E-state index is -2.12. The number of aromatic nitrogens is 2. The average molecular weight is 265 g/mol. The van der Waals surface area contributed by atoms with Crippen molar-refractivity contribution in [2.45, 2.75) is 12.7 Å². The summed E-state index contributed by atoms with van der Waals surface area (Å²) in [6.45, 7) is 1.96. The summed E-state index contributed by atoms with van der Waals surface area (Å²) in [4.78, 5) is 0. The van der Waals surface area contributed by atoms with Gasteiger partial charge in [0.2, 0.25) is 0 Å². The van der Waals surface area contributed by atoms with E-state index in [1.807, 2.05) is 25.1 Å². The highest BCUT2D eigenvalue weighted by Gasteiger charge is 2.05. The zero-order chi connectivity index (χ0) is 13.1. The summed E-state index contributed by atoms with van der Waals surface area (Å²) in [5.74, 6) is 0.663. The summed E-state index contributed by atoms with van der Waals surface area (Å²) in [6, 6.07) is 7.35. The molecule has 0 N–H and O–H groups in total. The maximum Gasteiger partial charge on any atom is 0.121 e. The van der Waals surface area contributed by atoms with Crippen molar-refractivity contribution in [3.05, 3.63) is 41.7 Å². The van der Waals surface area contributed by atoms with Gasteiger partial charge in [-0.15, -0.1) is 0 Å². The first-order chi connectivity index (χ1) is 8.60. The van der Waals surface area contributed by atoms with Crippen molar-refractivity contribution in [1.82, 2.24) is 9.78 Å². The van der Waals surface area contributed by atoms with E-state index in [-0.39, 0.29) is 5.75 Å². The van der Waals surface area contributed by atoms with Crippen molar-refractivity contribution in [3.63, 3.8) is 0 Å². The second kappa shape index (κ2) is 5.32. The Morgan fingerprint density at radius 2 is 2.22 bits per heavy atom. The number of hydrogen-bond donors (Lipinski definition) is 0. The van der Waals surface area contributed by atoms with Gasteiger partial charge in [-0.3, -0.25) is 4.21 Å². The largest absolute Gasteiger partial charge is 0.772 e. The second-order valence-electron chi connectivity index (χ2n) is 3.85. The molecular weight excluding hydrogens is 252 g/mol. The molecule has 0 bridgehead atoms. The Morgan fingerprint density at radius 1 is 1.44 bits per heavy atom. The van der Waals surface area contributed by atoms with Crippen molar-refractivity contribution < 1.29 is 13.5 Å². The molecule has 0 amide bonds. The molecule has 6 heteroatoms. The molecule has 1 unspecified atom stereocenters. The average Bonchev–Trinajstić information content (AvgIpc) is 2.77. The molecule has 96 valence electrons. The monoisotopic (exact) mass is 265 g/mol. The van der Waals surface area contributed by atoms with Gasteiger partial charge in [-0.05, 0) is 35.7 Å². The Hall–Kier alpha value is -1.66.